The Kier molecular flexibility index (Phi) is 18.2. The SMILES string of the molecule is CO.CO[Si](O)(OC)OC.[Y]. The maximum absolute atomic E-state index is 8.91. The second-order valence-corrected chi connectivity index (χ2v) is 3.41. The van der Waals surface area contributed by atoms with Crippen molar-refractivity contribution in [1.29, 1.82) is 0 Å². The Labute approximate surface area is 93.0 Å². The smallest absolute Gasteiger partial charge is 0.400 e. The Bertz CT molecular complexity index is 61.2. The van der Waals surface area contributed by atoms with Gasteiger partial charge < -0.3 is 23.2 Å². The van der Waals surface area contributed by atoms with Crippen LogP contribution in [-0.2, 0) is 46.0 Å². The molecule has 0 saturated carbocycles. The molecular formula is C4H14O5SiY. The van der Waals surface area contributed by atoms with Crippen molar-refractivity contribution in [1.82, 2.24) is 0 Å². The van der Waals surface area contributed by atoms with E-state index in [9.17, 15) is 0 Å². The molecule has 0 rings (SSSR count). The fraction of sp³-hybridized carbons (Fsp3) is 1.00. The van der Waals surface area contributed by atoms with E-state index in [4.69, 9.17) is 9.90 Å². The second-order valence-electron chi connectivity index (χ2n) is 1.14. The van der Waals surface area contributed by atoms with Crippen LogP contribution in [0.2, 0.25) is 0 Å². The summed E-state index contributed by atoms with van der Waals surface area (Å²) < 4.78 is 13.5. The molecule has 11 heavy (non-hydrogen) atoms. The molecule has 0 amide bonds. The number of rotatable bonds is 3. The molecule has 0 heterocycles. The van der Waals surface area contributed by atoms with Gasteiger partial charge >= 0.3 is 9.05 Å². The molecule has 0 aliphatic heterocycles. The van der Waals surface area contributed by atoms with Crippen LogP contribution in [0.5, 0.6) is 0 Å². The van der Waals surface area contributed by atoms with Gasteiger partial charge in [-0.25, -0.2) is 0 Å². The topological polar surface area (TPSA) is 68.2 Å². The van der Waals surface area contributed by atoms with Gasteiger partial charge in [-0.1, -0.05) is 0 Å². The van der Waals surface area contributed by atoms with Crippen molar-refractivity contribution >= 4 is 9.05 Å². The molecule has 1 radical (unpaired) electrons. The summed E-state index contributed by atoms with van der Waals surface area (Å²) in [6.07, 6.45) is 0. The minimum atomic E-state index is -3.17. The first-order valence-corrected chi connectivity index (χ1v) is 4.18. The zero-order chi connectivity index (χ0) is 8.62. The largest absolute Gasteiger partial charge is 0.676 e. The molecule has 0 atom stereocenters. The molecule has 0 fully saturated rings. The zero-order valence-corrected chi connectivity index (χ0v) is 11.0. The van der Waals surface area contributed by atoms with Crippen molar-refractivity contribution < 1.29 is 55.9 Å². The van der Waals surface area contributed by atoms with Gasteiger partial charge in [0.05, 0.1) is 0 Å². The fourth-order valence-electron chi connectivity index (χ4n) is 0.250. The van der Waals surface area contributed by atoms with Crippen molar-refractivity contribution in [3.63, 3.8) is 0 Å². The third-order valence-electron chi connectivity index (χ3n) is 0.774. The summed E-state index contributed by atoms with van der Waals surface area (Å²) in [6.45, 7) is 0. The predicted molar refractivity (Wildman–Crippen MR) is 37.1 cm³/mol. The second kappa shape index (κ2) is 11.1. The van der Waals surface area contributed by atoms with Crippen molar-refractivity contribution in [3.05, 3.63) is 0 Å². The first-order chi connectivity index (χ1) is 4.68. The van der Waals surface area contributed by atoms with Crippen LogP contribution in [-0.4, -0.2) is 47.4 Å². The van der Waals surface area contributed by atoms with Gasteiger partial charge in [0.2, 0.25) is 0 Å². The monoisotopic (exact) mass is 259 g/mol. The summed E-state index contributed by atoms with van der Waals surface area (Å²) in [7, 11) is 1.83. The van der Waals surface area contributed by atoms with E-state index in [1.54, 1.807) is 0 Å². The van der Waals surface area contributed by atoms with Gasteiger partial charge in [0.15, 0.2) is 0 Å². The molecule has 7 heteroatoms. The maximum Gasteiger partial charge on any atom is 0.676 e. The maximum atomic E-state index is 8.91. The molecule has 67 valence electrons. The number of hydrogen-bond donors (Lipinski definition) is 2. The van der Waals surface area contributed by atoms with Crippen molar-refractivity contribution in [2.75, 3.05) is 28.4 Å². The number of aliphatic hydroxyl groups is 1. The van der Waals surface area contributed by atoms with E-state index in [0.29, 0.717) is 0 Å². The molecule has 0 spiro atoms. The summed E-state index contributed by atoms with van der Waals surface area (Å²) in [5.74, 6) is 0. The van der Waals surface area contributed by atoms with Crippen LogP contribution in [0.1, 0.15) is 0 Å². The summed E-state index contributed by atoms with van der Waals surface area (Å²) in [6, 6.07) is 0. The first kappa shape index (κ1) is 18.0. The molecule has 5 nitrogen and oxygen atoms in total. The molecule has 0 aliphatic carbocycles. The Balaban J connectivity index is -0.000000196. The molecule has 2 N–H and O–H groups in total. The van der Waals surface area contributed by atoms with Crippen molar-refractivity contribution in [2.24, 2.45) is 0 Å². The fourth-order valence-corrected chi connectivity index (χ4v) is 0.750. The summed E-state index contributed by atoms with van der Waals surface area (Å²) >= 11 is 0. The van der Waals surface area contributed by atoms with Crippen LogP contribution in [0.15, 0.2) is 0 Å². The van der Waals surface area contributed by atoms with Crippen LogP contribution in [0.3, 0.4) is 0 Å². The van der Waals surface area contributed by atoms with Crippen LogP contribution < -0.4 is 0 Å². The average molecular weight is 259 g/mol. The van der Waals surface area contributed by atoms with Crippen LogP contribution in [0, 0.1) is 0 Å². The van der Waals surface area contributed by atoms with Crippen LogP contribution >= 0.6 is 0 Å². The summed E-state index contributed by atoms with van der Waals surface area (Å²) in [5.41, 5.74) is 0. The molecule has 0 aromatic carbocycles. The first-order valence-electron chi connectivity index (χ1n) is 2.51. The molecule has 0 bridgehead atoms. The Morgan fingerprint density at radius 1 is 0.909 bits per heavy atom. The Morgan fingerprint density at radius 3 is 1.09 bits per heavy atom. The van der Waals surface area contributed by atoms with Crippen LogP contribution in [0.25, 0.3) is 0 Å². The van der Waals surface area contributed by atoms with Gasteiger partial charge in [-0.05, 0) is 0 Å². The van der Waals surface area contributed by atoms with Gasteiger partial charge in [-0.15, -0.1) is 0 Å². The summed E-state index contributed by atoms with van der Waals surface area (Å²) in [4.78, 5) is 8.91. The molecule has 0 aliphatic rings. The van der Waals surface area contributed by atoms with Crippen LogP contribution in [0.4, 0.5) is 0 Å². The van der Waals surface area contributed by atoms with E-state index in [1.807, 2.05) is 0 Å². The van der Waals surface area contributed by atoms with Gasteiger partial charge in [0, 0.05) is 61.1 Å². The van der Waals surface area contributed by atoms with Crippen molar-refractivity contribution in [3.8, 4) is 0 Å². The van der Waals surface area contributed by atoms with E-state index in [2.05, 4.69) is 13.3 Å². The Morgan fingerprint density at radius 2 is 1.09 bits per heavy atom. The number of hydrogen-bond acceptors (Lipinski definition) is 5. The van der Waals surface area contributed by atoms with E-state index in [0.717, 1.165) is 7.11 Å². The minimum absolute atomic E-state index is 0. The molecule has 0 saturated heterocycles. The third kappa shape index (κ3) is 9.03. The van der Waals surface area contributed by atoms with Gasteiger partial charge in [-0.2, -0.15) is 0 Å². The molecule has 0 aromatic rings. The van der Waals surface area contributed by atoms with E-state index >= 15 is 0 Å². The van der Waals surface area contributed by atoms with Gasteiger partial charge in [0.25, 0.3) is 0 Å². The third-order valence-corrected chi connectivity index (χ3v) is 2.32. The average Bonchev–Trinajstić information content (AvgIpc) is 2.07. The van der Waals surface area contributed by atoms with E-state index in [1.165, 1.54) is 21.3 Å². The predicted octanol–water partition coefficient (Wildman–Crippen LogP) is -1.04. The molecule has 0 unspecified atom stereocenters. The molecule has 0 aromatic heterocycles. The molecular weight excluding hydrogens is 245 g/mol. The summed E-state index contributed by atoms with van der Waals surface area (Å²) in [5, 5.41) is 7.00. The van der Waals surface area contributed by atoms with Crippen molar-refractivity contribution in [2.45, 2.75) is 0 Å². The van der Waals surface area contributed by atoms with E-state index < -0.39 is 9.05 Å². The number of aliphatic hydroxyl groups excluding tert-OH is 1. The zero-order valence-electron chi connectivity index (χ0n) is 7.20. The quantitative estimate of drug-likeness (QED) is 0.634. The standard InChI is InChI=1S/C3H10O4Si.CH4O.Y/c1-5-8(4,6-2)7-3;1-2;/h4H,1-3H3;2H,1H3;. The minimum Gasteiger partial charge on any atom is -0.400 e. The normalized spacial score (nSPS) is 9.27. The van der Waals surface area contributed by atoms with E-state index in [-0.39, 0.29) is 32.7 Å². The van der Waals surface area contributed by atoms with Gasteiger partial charge in [-0.3, -0.25) is 0 Å². The Hall–Kier alpha value is 1.12. The van der Waals surface area contributed by atoms with Gasteiger partial charge in [0.1, 0.15) is 0 Å².